The third kappa shape index (κ3) is 5.25. The van der Waals surface area contributed by atoms with E-state index in [-0.39, 0.29) is 11.6 Å². The van der Waals surface area contributed by atoms with E-state index in [1.54, 1.807) is 24.5 Å². The van der Waals surface area contributed by atoms with Crippen LogP contribution in [0.4, 0.5) is 0 Å². The van der Waals surface area contributed by atoms with Crippen molar-refractivity contribution in [1.82, 2.24) is 10.3 Å². The number of carbonyl (C=O) groups is 1. The van der Waals surface area contributed by atoms with Gasteiger partial charge in [0.25, 0.3) is 0 Å². The number of hydrogen-bond acceptors (Lipinski definition) is 4. The van der Waals surface area contributed by atoms with Crippen LogP contribution >= 0.6 is 0 Å². The van der Waals surface area contributed by atoms with E-state index in [4.69, 9.17) is 5.11 Å². The molecule has 1 heterocycles. The molecule has 0 unspecified atom stereocenters. The SMILES string of the molecule is C[C@H](Cc1ccc(-c2ccc(C(=O)O)cc2)cc1)NC[C@H](O)c1cccnc1. The molecule has 2 atom stereocenters. The smallest absolute Gasteiger partial charge is 0.335 e. The first kappa shape index (κ1) is 19.7. The van der Waals surface area contributed by atoms with Crippen LogP contribution in [-0.4, -0.2) is 33.8 Å². The van der Waals surface area contributed by atoms with E-state index < -0.39 is 12.1 Å². The van der Waals surface area contributed by atoms with Crippen molar-refractivity contribution in [1.29, 1.82) is 0 Å². The summed E-state index contributed by atoms with van der Waals surface area (Å²) in [5.74, 6) is -0.919. The Labute approximate surface area is 164 Å². The quantitative estimate of drug-likeness (QED) is 0.558. The summed E-state index contributed by atoms with van der Waals surface area (Å²) >= 11 is 0. The molecule has 0 radical (unpaired) electrons. The number of nitrogens with one attached hydrogen (secondary N) is 1. The zero-order valence-corrected chi connectivity index (χ0v) is 15.7. The second kappa shape index (κ2) is 9.26. The molecule has 0 saturated carbocycles. The van der Waals surface area contributed by atoms with Crippen LogP contribution in [0.5, 0.6) is 0 Å². The molecule has 0 aliphatic carbocycles. The van der Waals surface area contributed by atoms with Crippen molar-refractivity contribution < 1.29 is 15.0 Å². The topological polar surface area (TPSA) is 82.5 Å². The molecular formula is C23H24N2O3. The van der Waals surface area contributed by atoms with Gasteiger partial charge in [0.1, 0.15) is 0 Å². The van der Waals surface area contributed by atoms with Gasteiger partial charge in [-0.15, -0.1) is 0 Å². The van der Waals surface area contributed by atoms with Gasteiger partial charge in [-0.1, -0.05) is 42.5 Å². The molecule has 0 spiro atoms. The lowest BCUT2D eigenvalue weighted by atomic mass is 10.00. The van der Waals surface area contributed by atoms with Gasteiger partial charge in [-0.3, -0.25) is 4.98 Å². The predicted molar refractivity (Wildman–Crippen MR) is 109 cm³/mol. The van der Waals surface area contributed by atoms with E-state index in [1.807, 2.05) is 36.4 Å². The maximum absolute atomic E-state index is 10.9. The number of nitrogens with zero attached hydrogens (tertiary/aromatic N) is 1. The Balaban J connectivity index is 1.54. The first-order valence-corrected chi connectivity index (χ1v) is 9.27. The van der Waals surface area contributed by atoms with Crippen LogP contribution in [0.2, 0.25) is 0 Å². The zero-order chi connectivity index (χ0) is 19.9. The number of carboxylic acids is 1. The largest absolute Gasteiger partial charge is 0.478 e. The molecule has 5 nitrogen and oxygen atoms in total. The Bertz CT molecular complexity index is 893. The Morgan fingerprint density at radius 3 is 2.25 bits per heavy atom. The number of carboxylic acid groups (broad SMARTS) is 1. The third-order valence-corrected chi connectivity index (χ3v) is 4.69. The molecule has 28 heavy (non-hydrogen) atoms. The van der Waals surface area contributed by atoms with Crippen LogP contribution in [0.3, 0.4) is 0 Å². The minimum Gasteiger partial charge on any atom is -0.478 e. The molecule has 0 aliphatic rings. The van der Waals surface area contributed by atoms with Gasteiger partial charge in [0.2, 0.25) is 0 Å². The summed E-state index contributed by atoms with van der Waals surface area (Å²) in [5.41, 5.74) is 4.33. The number of aliphatic hydroxyl groups is 1. The Morgan fingerprint density at radius 2 is 1.68 bits per heavy atom. The van der Waals surface area contributed by atoms with Gasteiger partial charge in [-0.2, -0.15) is 0 Å². The highest BCUT2D eigenvalue weighted by atomic mass is 16.4. The lowest BCUT2D eigenvalue weighted by Crippen LogP contribution is -2.32. The standard InChI is InChI=1S/C23H24N2O3/c1-16(25-15-22(26)21-3-2-12-24-14-21)13-17-4-6-18(7-5-17)19-8-10-20(11-9-19)23(27)28/h2-12,14,16,22,25-26H,13,15H2,1H3,(H,27,28)/t16-,22+/m1/s1. The highest BCUT2D eigenvalue weighted by molar-refractivity contribution is 5.88. The molecule has 5 heteroatoms. The van der Waals surface area contributed by atoms with Crippen LogP contribution in [0.15, 0.2) is 73.1 Å². The number of hydrogen-bond donors (Lipinski definition) is 3. The van der Waals surface area contributed by atoms with Crippen molar-refractivity contribution >= 4 is 5.97 Å². The molecule has 3 rings (SSSR count). The van der Waals surface area contributed by atoms with Gasteiger partial charge in [0.15, 0.2) is 0 Å². The molecule has 144 valence electrons. The lowest BCUT2D eigenvalue weighted by molar-refractivity contribution is 0.0697. The van der Waals surface area contributed by atoms with Crippen molar-refractivity contribution in [2.24, 2.45) is 0 Å². The van der Waals surface area contributed by atoms with Crippen molar-refractivity contribution in [3.63, 3.8) is 0 Å². The molecule has 0 fully saturated rings. The summed E-state index contributed by atoms with van der Waals surface area (Å²) in [4.78, 5) is 15.0. The van der Waals surface area contributed by atoms with Crippen LogP contribution in [0.25, 0.3) is 11.1 Å². The molecular weight excluding hydrogens is 352 g/mol. The number of aromatic carboxylic acids is 1. The van der Waals surface area contributed by atoms with Gasteiger partial charge in [-0.05, 0) is 48.2 Å². The molecule has 0 bridgehead atoms. The fourth-order valence-corrected chi connectivity index (χ4v) is 3.07. The first-order chi connectivity index (χ1) is 13.5. The van der Waals surface area contributed by atoms with E-state index in [1.165, 1.54) is 5.56 Å². The summed E-state index contributed by atoms with van der Waals surface area (Å²) in [6.07, 6.45) is 3.64. The maximum atomic E-state index is 10.9. The van der Waals surface area contributed by atoms with Crippen LogP contribution in [-0.2, 0) is 6.42 Å². The number of aromatic nitrogens is 1. The third-order valence-electron chi connectivity index (χ3n) is 4.69. The zero-order valence-electron chi connectivity index (χ0n) is 15.7. The second-order valence-corrected chi connectivity index (χ2v) is 6.90. The van der Waals surface area contributed by atoms with E-state index in [0.29, 0.717) is 6.54 Å². The van der Waals surface area contributed by atoms with Gasteiger partial charge >= 0.3 is 5.97 Å². The van der Waals surface area contributed by atoms with Gasteiger partial charge in [0, 0.05) is 30.5 Å². The van der Waals surface area contributed by atoms with Crippen molar-refractivity contribution in [3.8, 4) is 11.1 Å². The molecule has 0 amide bonds. The fourth-order valence-electron chi connectivity index (χ4n) is 3.07. The average molecular weight is 376 g/mol. The Kier molecular flexibility index (Phi) is 6.53. The van der Waals surface area contributed by atoms with Crippen LogP contribution < -0.4 is 5.32 Å². The lowest BCUT2D eigenvalue weighted by Gasteiger charge is -2.17. The average Bonchev–Trinajstić information content (AvgIpc) is 2.73. The van der Waals surface area contributed by atoms with Crippen LogP contribution in [0, 0.1) is 0 Å². The molecule has 3 aromatic rings. The molecule has 0 aliphatic heterocycles. The molecule has 3 N–H and O–H groups in total. The summed E-state index contributed by atoms with van der Waals surface area (Å²) in [7, 11) is 0. The summed E-state index contributed by atoms with van der Waals surface area (Å²) in [5, 5.41) is 22.6. The summed E-state index contributed by atoms with van der Waals surface area (Å²) < 4.78 is 0. The monoisotopic (exact) mass is 376 g/mol. The normalized spacial score (nSPS) is 13.1. The van der Waals surface area contributed by atoms with E-state index in [0.717, 1.165) is 23.1 Å². The molecule has 0 saturated heterocycles. The van der Waals surface area contributed by atoms with Crippen molar-refractivity contribution in [2.45, 2.75) is 25.5 Å². The maximum Gasteiger partial charge on any atom is 0.335 e. The van der Waals surface area contributed by atoms with Crippen LogP contribution in [0.1, 0.15) is 34.5 Å². The Hall–Kier alpha value is -3.02. The minimum absolute atomic E-state index is 0.215. The molecule has 1 aromatic heterocycles. The van der Waals surface area contributed by atoms with E-state index in [2.05, 4.69) is 29.4 Å². The number of pyridine rings is 1. The molecule has 2 aromatic carbocycles. The van der Waals surface area contributed by atoms with Crippen molar-refractivity contribution in [3.05, 3.63) is 89.7 Å². The minimum atomic E-state index is -0.919. The Morgan fingerprint density at radius 1 is 1.04 bits per heavy atom. The number of rotatable bonds is 8. The highest BCUT2D eigenvalue weighted by Crippen LogP contribution is 2.21. The van der Waals surface area contributed by atoms with E-state index >= 15 is 0 Å². The highest BCUT2D eigenvalue weighted by Gasteiger charge is 2.10. The second-order valence-electron chi connectivity index (χ2n) is 6.90. The first-order valence-electron chi connectivity index (χ1n) is 9.27. The van der Waals surface area contributed by atoms with Crippen molar-refractivity contribution in [2.75, 3.05) is 6.54 Å². The predicted octanol–water partition coefficient (Wildman–Crippen LogP) is 3.70. The van der Waals surface area contributed by atoms with E-state index in [9.17, 15) is 9.90 Å². The summed E-state index contributed by atoms with van der Waals surface area (Å²) in [6, 6.07) is 19.0. The summed E-state index contributed by atoms with van der Waals surface area (Å²) in [6.45, 7) is 2.56. The fraction of sp³-hybridized carbons (Fsp3) is 0.217. The number of aliphatic hydroxyl groups excluding tert-OH is 1. The number of benzene rings is 2. The van der Waals surface area contributed by atoms with Gasteiger partial charge in [0.05, 0.1) is 11.7 Å². The van der Waals surface area contributed by atoms with Gasteiger partial charge < -0.3 is 15.5 Å². The van der Waals surface area contributed by atoms with Gasteiger partial charge in [-0.25, -0.2) is 4.79 Å².